The Labute approximate surface area is 235 Å². The molecule has 13 heteroatoms. The summed E-state index contributed by atoms with van der Waals surface area (Å²) in [6.07, 6.45) is 0. The van der Waals surface area contributed by atoms with Crippen LogP contribution in [-0.2, 0) is 19.6 Å². The van der Waals surface area contributed by atoms with Crippen LogP contribution < -0.4 is 19.9 Å². The number of rotatable bonds is 6. The number of carbonyl (C=O) groups excluding carboxylic acids is 2. The number of carboxylic acids is 1. The molecule has 0 spiro atoms. The van der Waals surface area contributed by atoms with Gasteiger partial charge in [0.1, 0.15) is 5.71 Å². The summed E-state index contributed by atoms with van der Waals surface area (Å²) < 4.78 is 24.2. The molecule has 3 aromatic carbocycles. The first kappa shape index (κ1) is 27.4. The number of amides is 2. The number of nitrogens with two attached hydrogens (primary N) is 1. The molecule has 0 bridgehead atoms. The molecule has 2 aliphatic heterocycles. The highest BCUT2D eigenvalue weighted by Crippen LogP contribution is 2.35. The molecule has 12 nitrogen and oxygen atoms in total. The predicted molar refractivity (Wildman–Crippen MR) is 154 cm³/mol. The van der Waals surface area contributed by atoms with Gasteiger partial charge in [0.25, 0.3) is 11.8 Å². The molecule has 208 valence electrons. The van der Waals surface area contributed by atoms with E-state index in [0.29, 0.717) is 5.69 Å². The monoisotopic (exact) mass is 572 g/mol. The van der Waals surface area contributed by atoms with Crippen LogP contribution in [0.15, 0.2) is 98.9 Å². The van der Waals surface area contributed by atoms with Crippen molar-refractivity contribution in [2.24, 2.45) is 15.2 Å². The number of primary sulfonamides is 1. The van der Waals surface area contributed by atoms with Crippen molar-refractivity contribution in [3.8, 4) is 0 Å². The maximum Gasteiger partial charge on any atom is 0.335 e. The number of benzene rings is 3. The van der Waals surface area contributed by atoms with E-state index in [0.717, 1.165) is 15.6 Å². The molecule has 0 saturated carbocycles. The van der Waals surface area contributed by atoms with E-state index in [1.54, 1.807) is 19.1 Å². The van der Waals surface area contributed by atoms with Crippen LogP contribution in [0.3, 0.4) is 0 Å². The van der Waals surface area contributed by atoms with Gasteiger partial charge in [-0.25, -0.2) is 23.3 Å². The molecule has 0 radical (unpaired) electrons. The molecule has 0 fully saturated rings. The molecule has 0 aliphatic carbocycles. The van der Waals surface area contributed by atoms with Crippen molar-refractivity contribution in [2.45, 2.75) is 11.8 Å². The SMILES string of the molecule is CC1=C2C(=O)N(c3cccc(C(=O)O)c3)N=C2N(c2cccc(S(N)(=O)=O)c2)C(=O)C1=Nc1ccc(N(C)C)cc1. The highest BCUT2D eigenvalue weighted by Gasteiger charge is 2.45. The molecule has 0 atom stereocenters. The summed E-state index contributed by atoms with van der Waals surface area (Å²) in [5, 5.41) is 20.2. The Hall–Kier alpha value is -5.14. The van der Waals surface area contributed by atoms with Gasteiger partial charge < -0.3 is 10.0 Å². The number of sulfonamides is 1. The molecule has 3 aromatic rings. The Bertz CT molecular complexity index is 1830. The molecular formula is C28H24N6O6S. The summed E-state index contributed by atoms with van der Waals surface area (Å²) in [5.74, 6) is -2.52. The first-order chi connectivity index (χ1) is 19.4. The second-order valence-corrected chi connectivity index (χ2v) is 11.0. The summed E-state index contributed by atoms with van der Waals surface area (Å²) in [5.41, 5.74) is 1.82. The smallest absolute Gasteiger partial charge is 0.335 e. The van der Waals surface area contributed by atoms with Gasteiger partial charge in [0.15, 0.2) is 5.84 Å². The Balaban J connectivity index is 1.71. The molecular weight excluding hydrogens is 548 g/mol. The highest BCUT2D eigenvalue weighted by molar-refractivity contribution is 7.89. The second kappa shape index (κ2) is 10.1. The molecule has 0 saturated heterocycles. The number of fused-ring (bicyclic) bond motifs is 1. The highest BCUT2D eigenvalue weighted by atomic mass is 32.2. The number of nitrogens with zero attached hydrogens (tertiary/aromatic N) is 5. The Kier molecular flexibility index (Phi) is 6.77. The molecule has 0 unspecified atom stereocenters. The summed E-state index contributed by atoms with van der Waals surface area (Å²) in [7, 11) is -0.348. The number of amidine groups is 1. The first-order valence-electron chi connectivity index (χ1n) is 12.2. The van der Waals surface area contributed by atoms with Crippen LogP contribution in [0, 0.1) is 0 Å². The van der Waals surface area contributed by atoms with Crippen molar-refractivity contribution in [1.82, 2.24) is 0 Å². The summed E-state index contributed by atoms with van der Waals surface area (Å²) >= 11 is 0. The minimum absolute atomic E-state index is 0.0490. The van der Waals surface area contributed by atoms with Gasteiger partial charge in [-0.3, -0.25) is 14.5 Å². The summed E-state index contributed by atoms with van der Waals surface area (Å²) in [6, 6.07) is 18.1. The van der Waals surface area contributed by atoms with Crippen LogP contribution >= 0.6 is 0 Å². The summed E-state index contributed by atoms with van der Waals surface area (Å²) in [4.78, 5) is 46.6. The molecule has 2 heterocycles. The first-order valence-corrected chi connectivity index (χ1v) is 13.7. The lowest BCUT2D eigenvalue weighted by Crippen LogP contribution is -2.47. The van der Waals surface area contributed by atoms with Gasteiger partial charge in [-0.05, 0) is 73.2 Å². The lowest BCUT2D eigenvalue weighted by molar-refractivity contribution is -0.114. The van der Waals surface area contributed by atoms with Gasteiger partial charge in [-0.15, -0.1) is 5.10 Å². The lowest BCUT2D eigenvalue weighted by Gasteiger charge is -2.28. The maximum atomic E-state index is 14.0. The number of hydrogen-bond acceptors (Lipinski definition) is 8. The largest absolute Gasteiger partial charge is 0.478 e. The van der Waals surface area contributed by atoms with E-state index in [1.165, 1.54) is 48.5 Å². The predicted octanol–water partition coefficient (Wildman–Crippen LogP) is 2.89. The van der Waals surface area contributed by atoms with Crippen molar-refractivity contribution in [2.75, 3.05) is 28.9 Å². The van der Waals surface area contributed by atoms with E-state index in [2.05, 4.69) is 10.1 Å². The van der Waals surface area contributed by atoms with Crippen LogP contribution in [0.1, 0.15) is 17.3 Å². The standard InChI is InChI=1S/C28H24N6O6S/c1-16-23-25(31-34(26(23)35)21-8-4-6-17(14-21)28(37)38)33(20-7-5-9-22(15-20)41(29,39)40)27(36)24(16)30-18-10-12-19(13-11-18)32(2)3/h4-15H,1-3H3,(H,37,38)(H2,29,39,40). The fourth-order valence-corrected chi connectivity index (χ4v) is 4.98. The molecule has 3 N–H and O–H groups in total. The third kappa shape index (κ3) is 4.99. The Morgan fingerprint density at radius 1 is 0.951 bits per heavy atom. The fraction of sp³-hybridized carbons (Fsp3) is 0.107. The lowest BCUT2D eigenvalue weighted by atomic mass is 9.96. The number of carboxylic acid groups (broad SMARTS) is 1. The van der Waals surface area contributed by atoms with Crippen molar-refractivity contribution >= 4 is 62.1 Å². The third-order valence-electron chi connectivity index (χ3n) is 6.52. The normalized spacial score (nSPS) is 16.3. The fourth-order valence-electron chi connectivity index (χ4n) is 4.43. The minimum atomic E-state index is -4.12. The second-order valence-electron chi connectivity index (χ2n) is 9.45. The number of aliphatic imine (C=N–C) groups is 1. The van der Waals surface area contributed by atoms with Gasteiger partial charge in [0.05, 0.1) is 33.1 Å². The number of hydrazone groups is 1. The van der Waals surface area contributed by atoms with Crippen molar-refractivity contribution in [3.63, 3.8) is 0 Å². The summed E-state index contributed by atoms with van der Waals surface area (Å²) in [6.45, 7) is 1.57. The zero-order valence-corrected chi connectivity index (χ0v) is 23.0. The van der Waals surface area contributed by atoms with E-state index < -0.39 is 27.8 Å². The van der Waals surface area contributed by atoms with Crippen LogP contribution in [0.25, 0.3) is 0 Å². The molecule has 2 amide bonds. The van der Waals surface area contributed by atoms with E-state index in [-0.39, 0.29) is 44.5 Å². The number of carbonyl (C=O) groups is 3. The number of aromatic carboxylic acids is 1. The third-order valence-corrected chi connectivity index (χ3v) is 7.43. The minimum Gasteiger partial charge on any atom is -0.478 e. The van der Waals surface area contributed by atoms with E-state index >= 15 is 0 Å². The topological polar surface area (TPSA) is 166 Å². The molecule has 41 heavy (non-hydrogen) atoms. The van der Waals surface area contributed by atoms with Gasteiger partial charge in [-0.2, -0.15) is 5.01 Å². The van der Waals surface area contributed by atoms with Crippen LogP contribution in [-0.4, -0.2) is 57.0 Å². The number of anilines is 3. The van der Waals surface area contributed by atoms with Gasteiger partial charge in [0.2, 0.25) is 10.0 Å². The average molecular weight is 573 g/mol. The molecule has 5 rings (SSSR count). The molecule has 2 aliphatic rings. The number of hydrogen-bond donors (Lipinski definition) is 2. The van der Waals surface area contributed by atoms with Crippen molar-refractivity contribution in [3.05, 3.63) is 89.5 Å². The van der Waals surface area contributed by atoms with Gasteiger partial charge in [0, 0.05) is 19.8 Å². The van der Waals surface area contributed by atoms with Gasteiger partial charge >= 0.3 is 5.97 Å². The quantitative estimate of drug-likeness (QED) is 0.458. The van der Waals surface area contributed by atoms with Gasteiger partial charge in [-0.1, -0.05) is 12.1 Å². The Morgan fingerprint density at radius 2 is 1.61 bits per heavy atom. The zero-order chi connectivity index (χ0) is 29.6. The average Bonchev–Trinajstić information content (AvgIpc) is 3.27. The maximum absolute atomic E-state index is 14.0. The molecule has 0 aromatic heterocycles. The van der Waals surface area contributed by atoms with E-state index in [4.69, 9.17) is 5.14 Å². The Morgan fingerprint density at radius 3 is 2.24 bits per heavy atom. The zero-order valence-electron chi connectivity index (χ0n) is 22.1. The van der Waals surface area contributed by atoms with Crippen LogP contribution in [0.4, 0.5) is 22.7 Å². The van der Waals surface area contributed by atoms with Crippen LogP contribution in [0.2, 0.25) is 0 Å². The van der Waals surface area contributed by atoms with Crippen LogP contribution in [0.5, 0.6) is 0 Å². The van der Waals surface area contributed by atoms with E-state index in [1.807, 2.05) is 31.1 Å². The van der Waals surface area contributed by atoms with Crippen molar-refractivity contribution < 1.29 is 27.9 Å². The van der Waals surface area contributed by atoms with E-state index in [9.17, 15) is 27.9 Å². The van der Waals surface area contributed by atoms with Crippen molar-refractivity contribution in [1.29, 1.82) is 0 Å².